The molecule has 104 valence electrons. The highest BCUT2D eigenvalue weighted by Crippen LogP contribution is 2.14. The maximum Gasteiger partial charge on any atom is 0.303 e. The first-order valence-corrected chi connectivity index (χ1v) is 6.37. The Kier molecular flexibility index (Phi) is 4.71. The van der Waals surface area contributed by atoms with Gasteiger partial charge in [-0.1, -0.05) is 18.2 Å². The summed E-state index contributed by atoms with van der Waals surface area (Å²) in [4.78, 5) is 15.0. The van der Waals surface area contributed by atoms with E-state index in [1.807, 2.05) is 42.6 Å². The fourth-order valence-corrected chi connectivity index (χ4v) is 1.80. The van der Waals surface area contributed by atoms with Gasteiger partial charge >= 0.3 is 5.97 Å². The molecule has 0 aliphatic rings. The van der Waals surface area contributed by atoms with Crippen molar-refractivity contribution in [2.45, 2.75) is 20.0 Å². The number of carbonyl (C=O) groups excluding carboxylic acids is 1. The Labute approximate surface area is 118 Å². The van der Waals surface area contributed by atoms with Crippen LogP contribution in [0.15, 0.2) is 42.6 Å². The smallest absolute Gasteiger partial charge is 0.303 e. The van der Waals surface area contributed by atoms with E-state index in [4.69, 9.17) is 9.47 Å². The van der Waals surface area contributed by atoms with Crippen LogP contribution >= 0.6 is 0 Å². The third-order valence-electron chi connectivity index (χ3n) is 2.88. The Balaban J connectivity index is 1.97. The van der Waals surface area contributed by atoms with Crippen molar-refractivity contribution in [3.8, 4) is 5.75 Å². The number of hydrogen-bond acceptors (Lipinski definition) is 4. The minimum absolute atomic E-state index is 0.220. The van der Waals surface area contributed by atoms with Crippen molar-refractivity contribution in [2.24, 2.45) is 0 Å². The number of rotatable bonds is 5. The predicted molar refractivity (Wildman–Crippen MR) is 75.5 cm³/mol. The van der Waals surface area contributed by atoms with E-state index in [-0.39, 0.29) is 12.6 Å². The number of esters is 1. The molecule has 20 heavy (non-hydrogen) atoms. The minimum atomic E-state index is -0.297. The molecule has 1 heterocycles. The van der Waals surface area contributed by atoms with Gasteiger partial charge in [0.05, 0.1) is 12.8 Å². The Morgan fingerprint density at radius 3 is 2.35 bits per heavy atom. The number of nitrogens with zero attached hydrogens (tertiary/aromatic N) is 1. The topological polar surface area (TPSA) is 48.4 Å². The van der Waals surface area contributed by atoms with E-state index in [0.717, 1.165) is 23.4 Å². The van der Waals surface area contributed by atoms with Gasteiger partial charge in [0.2, 0.25) is 0 Å². The fraction of sp³-hybridized carbons (Fsp3) is 0.250. The van der Waals surface area contributed by atoms with Gasteiger partial charge in [0.1, 0.15) is 12.4 Å². The molecule has 1 aromatic carbocycles. The number of methoxy groups -OCH3 is 1. The Hall–Kier alpha value is -2.36. The molecule has 0 fully saturated rings. The van der Waals surface area contributed by atoms with Gasteiger partial charge in [-0.2, -0.15) is 0 Å². The van der Waals surface area contributed by atoms with Crippen molar-refractivity contribution in [2.75, 3.05) is 7.11 Å². The third-order valence-corrected chi connectivity index (χ3v) is 2.88. The first-order chi connectivity index (χ1) is 9.67. The second-order valence-corrected chi connectivity index (χ2v) is 4.46. The predicted octanol–water partition coefficient (Wildman–Crippen LogP) is 2.74. The van der Waals surface area contributed by atoms with Crippen molar-refractivity contribution >= 4 is 5.97 Å². The lowest BCUT2D eigenvalue weighted by molar-refractivity contribution is -0.142. The van der Waals surface area contributed by atoms with Crippen molar-refractivity contribution in [3.63, 3.8) is 0 Å². The van der Waals surface area contributed by atoms with Gasteiger partial charge in [-0.05, 0) is 35.7 Å². The van der Waals surface area contributed by atoms with Crippen molar-refractivity contribution in [3.05, 3.63) is 59.4 Å². The molecule has 0 amide bonds. The summed E-state index contributed by atoms with van der Waals surface area (Å²) in [6.07, 6.45) is 2.62. The SMILES string of the molecule is COc1ccc(Cc2ccc(COC(C)=O)nc2)cc1. The quantitative estimate of drug-likeness (QED) is 0.785. The monoisotopic (exact) mass is 271 g/mol. The van der Waals surface area contributed by atoms with Crippen LogP contribution in [0, 0.1) is 0 Å². The van der Waals surface area contributed by atoms with Crippen LogP contribution in [0.2, 0.25) is 0 Å². The molecule has 0 atom stereocenters. The minimum Gasteiger partial charge on any atom is -0.497 e. The molecule has 0 saturated carbocycles. The summed E-state index contributed by atoms with van der Waals surface area (Å²) in [7, 11) is 1.65. The molecule has 0 radical (unpaired) electrons. The van der Waals surface area contributed by atoms with E-state index in [0.29, 0.717) is 0 Å². The van der Waals surface area contributed by atoms with Crippen molar-refractivity contribution in [1.29, 1.82) is 0 Å². The molecule has 0 N–H and O–H groups in total. The lowest BCUT2D eigenvalue weighted by Crippen LogP contribution is -2.01. The summed E-state index contributed by atoms with van der Waals surface area (Å²) in [5.74, 6) is 0.553. The molecular weight excluding hydrogens is 254 g/mol. The molecule has 2 rings (SSSR count). The molecule has 2 aromatic rings. The van der Waals surface area contributed by atoms with Gasteiger partial charge < -0.3 is 9.47 Å². The zero-order valence-corrected chi connectivity index (χ0v) is 11.6. The second kappa shape index (κ2) is 6.70. The summed E-state index contributed by atoms with van der Waals surface area (Å²) in [6, 6.07) is 11.8. The van der Waals surface area contributed by atoms with Gasteiger partial charge in [-0.25, -0.2) is 0 Å². The summed E-state index contributed by atoms with van der Waals surface area (Å²) in [6.45, 7) is 1.61. The highest BCUT2D eigenvalue weighted by Gasteiger charge is 2.01. The van der Waals surface area contributed by atoms with Gasteiger partial charge in [-0.15, -0.1) is 0 Å². The first-order valence-electron chi connectivity index (χ1n) is 6.37. The molecule has 4 heteroatoms. The Bertz CT molecular complexity index is 561. The molecule has 4 nitrogen and oxygen atoms in total. The second-order valence-electron chi connectivity index (χ2n) is 4.46. The summed E-state index contributed by atoms with van der Waals surface area (Å²) < 4.78 is 10.0. The summed E-state index contributed by atoms with van der Waals surface area (Å²) in [5.41, 5.74) is 3.06. The molecule has 0 saturated heterocycles. The Morgan fingerprint density at radius 1 is 1.10 bits per heavy atom. The lowest BCUT2D eigenvalue weighted by Gasteiger charge is -2.05. The lowest BCUT2D eigenvalue weighted by atomic mass is 10.1. The highest BCUT2D eigenvalue weighted by atomic mass is 16.5. The van der Waals surface area contributed by atoms with Crippen LogP contribution in [0.3, 0.4) is 0 Å². The van der Waals surface area contributed by atoms with E-state index in [9.17, 15) is 4.79 Å². The van der Waals surface area contributed by atoms with Crippen LogP contribution in [0.25, 0.3) is 0 Å². The number of hydrogen-bond donors (Lipinski definition) is 0. The standard InChI is InChI=1S/C16H17NO3/c1-12(18)20-11-15-6-3-14(10-17-15)9-13-4-7-16(19-2)8-5-13/h3-8,10H,9,11H2,1-2H3. The van der Waals surface area contributed by atoms with Gasteiger partial charge in [0.25, 0.3) is 0 Å². The van der Waals surface area contributed by atoms with E-state index in [1.54, 1.807) is 7.11 Å². The van der Waals surface area contributed by atoms with Gasteiger partial charge in [0, 0.05) is 13.1 Å². The Morgan fingerprint density at radius 2 is 1.80 bits per heavy atom. The molecule has 0 aliphatic carbocycles. The highest BCUT2D eigenvalue weighted by molar-refractivity contribution is 5.65. The summed E-state index contributed by atoms with van der Waals surface area (Å²) in [5, 5.41) is 0. The third kappa shape index (κ3) is 4.09. The van der Waals surface area contributed by atoms with E-state index in [2.05, 4.69) is 4.98 Å². The van der Waals surface area contributed by atoms with Crippen LogP contribution in [-0.2, 0) is 22.6 Å². The van der Waals surface area contributed by atoms with Gasteiger partial charge in [-0.3, -0.25) is 9.78 Å². The van der Waals surface area contributed by atoms with Crippen molar-refractivity contribution < 1.29 is 14.3 Å². The average molecular weight is 271 g/mol. The number of benzene rings is 1. The van der Waals surface area contributed by atoms with Crippen LogP contribution in [0.5, 0.6) is 5.75 Å². The molecule has 0 unspecified atom stereocenters. The zero-order chi connectivity index (χ0) is 14.4. The van der Waals surface area contributed by atoms with Crippen molar-refractivity contribution in [1.82, 2.24) is 4.98 Å². The van der Waals surface area contributed by atoms with Gasteiger partial charge in [0.15, 0.2) is 0 Å². The fourth-order valence-electron chi connectivity index (χ4n) is 1.80. The number of ether oxygens (including phenoxy) is 2. The largest absolute Gasteiger partial charge is 0.497 e. The molecule has 1 aromatic heterocycles. The molecular formula is C16H17NO3. The zero-order valence-electron chi connectivity index (χ0n) is 11.6. The molecule has 0 aliphatic heterocycles. The average Bonchev–Trinajstić information content (AvgIpc) is 2.47. The van der Waals surface area contributed by atoms with Crippen LogP contribution in [0.1, 0.15) is 23.7 Å². The first kappa shape index (κ1) is 14.1. The normalized spacial score (nSPS) is 10.1. The van der Waals surface area contributed by atoms with Crippen LogP contribution in [0.4, 0.5) is 0 Å². The number of aromatic nitrogens is 1. The number of pyridine rings is 1. The van der Waals surface area contributed by atoms with E-state index >= 15 is 0 Å². The number of carbonyl (C=O) groups is 1. The molecule has 0 spiro atoms. The van der Waals surface area contributed by atoms with Crippen LogP contribution in [-0.4, -0.2) is 18.1 Å². The maximum absolute atomic E-state index is 10.7. The summed E-state index contributed by atoms with van der Waals surface area (Å²) >= 11 is 0. The molecule has 0 bridgehead atoms. The maximum atomic E-state index is 10.7. The van der Waals surface area contributed by atoms with E-state index < -0.39 is 0 Å². The van der Waals surface area contributed by atoms with Crippen LogP contribution < -0.4 is 4.74 Å². The van der Waals surface area contributed by atoms with E-state index in [1.165, 1.54) is 12.5 Å².